The Morgan fingerprint density at radius 2 is 1.73 bits per heavy atom. The van der Waals surface area contributed by atoms with Crippen molar-refractivity contribution in [3.63, 3.8) is 0 Å². The van der Waals surface area contributed by atoms with Crippen molar-refractivity contribution >= 4 is 14.2 Å². The van der Waals surface area contributed by atoms with Gasteiger partial charge in [-0.05, 0) is 27.7 Å². The average molecular weight is 233 g/mol. The molecule has 90 valence electrons. The van der Waals surface area contributed by atoms with Crippen molar-refractivity contribution in [1.29, 1.82) is 0 Å². The van der Waals surface area contributed by atoms with Crippen LogP contribution >= 0.6 is 0 Å². The topological polar surface area (TPSA) is 49.8 Å². The third kappa shape index (κ3) is 5.29. The van der Waals surface area contributed by atoms with E-state index in [0.717, 1.165) is 0 Å². The SMILES string of the molecule is C[C@@H](C(=O)O)N(OC(C)(C)C)[Si](C)(C)C. The maximum absolute atomic E-state index is 11.0. The fourth-order valence-electron chi connectivity index (χ4n) is 1.19. The van der Waals surface area contributed by atoms with Gasteiger partial charge in [-0.3, -0.25) is 9.63 Å². The first-order chi connectivity index (χ1) is 6.45. The number of nitrogens with zero attached hydrogens (tertiary/aromatic N) is 1. The number of hydroxylamine groups is 1. The number of aliphatic carboxylic acids is 1. The number of carboxylic acids is 1. The minimum atomic E-state index is -1.79. The summed E-state index contributed by atoms with van der Waals surface area (Å²) in [5.74, 6) is -0.846. The van der Waals surface area contributed by atoms with E-state index in [4.69, 9.17) is 9.94 Å². The molecule has 0 heterocycles. The molecule has 0 radical (unpaired) electrons. The minimum absolute atomic E-state index is 0.357. The van der Waals surface area contributed by atoms with Crippen molar-refractivity contribution in [3.05, 3.63) is 0 Å². The molecule has 5 heteroatoms. The summed E-state index contributed by atoms with van der Waals surface area (Å²) in [6.45, 7) is 13.6. The first kappa shape index (κ1) is 14.6. The highest BCUT2D eigenvalue weighted by Crippen LogP contribution is 2.20. The highest BCUT2D eigenvalue weighted by Gasteiger charge is 2.36. The van der Waals surface area contributed by atoms with Crippen LogP contribution in [-0.4, -0.2) is 35.7 Å². The molecule has 0 aliphatic rings. The lowest BCUT2D eigenvalue weighted by Crippen LogP contribution is -2.56. The van der Waals surface area contributed by atoms with E-state index in [0.29, 0.717) is 0 Å². The standard InChI is InChI=1S/C10H23NO3Si/c1-8(9(12)13)11(15(5,6)7)14-10(2,3)4/h8H,1-7H3,(H,12,13)/t8-/m0/s1. The van der Waals surface area contributed by atoms with E-state index in [-0.39, 0.29) is 5.60 Å². The Hall–Kier alpha value is -0.393. The predicted molar refractivity (Wildman–Crippen MR) is 63.1 cm³/mol. The second-order valence-corrected chi connectivity index (χ2v) is 10.5. The van der Waals surface area contributed by atoms with Gasteiger partial charge in [0.25, 0.3) is 0 Å². The van der Waals surface area contributed by atoms with Crippen LogP contribution < -0.4 is 0 Å². The molecule has 0 unspecified atom stereocenters. The van der Waals surface area contributed by atoms with E-state index in [2.05, 4.69) is 19.6 Å². The molecule has 0 spiro atoms. The normalized spacial score (nSPS) is 15.5. The zero-order chi connectivity index (χ0) is 12.4. The molecule has 0 aliphatic heterocycles. The van der Waals surface area contributed by atoms with Crippen LogP contribution in [0.25, 0.3) is 0 Å². The van der Waals surface area contributed by atoms with Crippen LogP contribution in [0.4, 0.5) is 0 Å². The highest BCUT2D eigenvalue weighted by molar-refractivity contribution is 6.73. The molecule has 0 saturated carbocycles. The zero-order valence-electron chi connectivity index (χ0n) is 10.8. The summed E-state index contributed by atoms with van der Waals surface area (Å²) in [4.78, 5) is 16.7. The highest BCUT2D eigenvalue weighted by atomic mass is 28.3. The van der Waals surface area contributed by atoms with Gasteiger partial charge in [-0.25, -0.2) is 4.73 Å². The Balaban J connectivity index is 4.84. The van der Waals surface area contributed by atoms with Crippen LogP contribution in [0.1, 0.15) is 27.7 Å². The van der Waals surface area contributed by atoms with Gasteiger partial charge in [0.1, 0.15) is 6.04 Å². The van der Waals surface area contributed by atoms with Gasteiger partial charge in [0.05, 0.1) is 5.60 Å². The molecule has 1 N–H and O–H groups in total. The van der Waals surface area contributed by atoms with E-state index in [9.17, 15) is 4.79 Å². The summed E-state index contributed by atoms with van der Waals surface area (Å²) in [7, 11) is -1.79. The molecule has 0 aromatic carbocycles. The van der Waals surface area contributed by atoms with Gasteiger partial charge in [-0.2, -0.15) is 0 Å². The van der Waals surface area contributed by atoms with Crippen LogP contribution in [0, 0.1) is 0 Å². The van der Waals surface area contributed by atoms with Crippen molar-refractivity contribution in [2.45, 2.75) is 59.0 Å². The number of hydrogen-bond donors (Lipinski definition) is 1. The number of hydrogen-bond acceptors (Lipinski definition) is 3. The maximum Gasteiger partial charge on any atom is 0.322 e. The van der Waals surface area contributed by atoms with Gasteiger partial charge < -0.3 is 5.11 Å². The van der Waals surface area contributed by atoms with Gasteiger partial charge >= 0.3 is 5.97 Å². The summed E-state index contributed by atoms with van der Waals surface area (Å²) < 4.78 is 1.68. The first-order valence-electron chi connectivity index (χ1n) is 5.16. The van der Waals surface area contributed by atoms with Crippen LogP contribution in [0.3, 0.4) is 0 Å². The molecule has 0 aromatic rings. The summed E-state index contributed by atoms with van der Waals surface area (Å²) >= 11 is 0. The minimum Gasteiger partial charge on any atom is -0.480 e. The molecule has 4 nitrogen and oxygen atoms in total. The third-order valence-corrected chi connectivity index (χ3v) is 3.54. The van der Waals surface area contributed by atoms with E-state index >= 15 is 0 Å². The van der Waals surface area contributed by atoms with E-state index in [1.807, 2.05) is 20.8 Å². The Kier molecular flexibility index (Phi) is 4.51. The fraction of sp³-hybridized carbons (Fsp3) is 0.900. The number of rotatable bonds is 4. The molecule has 0 rings (SSSR count). The van der Waals surface area contributed by atoms with Crippen molar-refractivity contribution in [3.8, 4) is 0 Å². The fourth-order valence-corrected chi connectivity index (χ4v) is 3.01. The Labute approximate surface area is 93.3 Å². The Bertz CT molecular complexity index is 230. The van der Waals surface area contributed by atoms with Gasteiger partial charge in [0, 0.05) is 0 Å². The van der Waals surface area contributed by atoms with Crippen molar-refractivity contribution in [1.82, 2.24) is 4.73 Å². The van der Waals surface area contributed by atoms with Gasteiger partial charge in [-0.1, -0.05) is 19.6 Å². The number of carbonyl (C=O) groups is 1. The quantitative estimate of drug-likeness (QED) is 0.598. The maximum atomic E-state index is 11.0. The summed E-state index contributed by atoms with van der Waals surface area (Å²) in [5.41, 5.74) is -0.357. The molecular formula is C10H23NO3Si. The monoisotopic (exact) mass is 233 g/mol. The first-order valence-corrected chi connectivity index (χ1v) is 8.61. The Morgan fingerprint density at radius 1 is 1.33 bits per heavy atom. The molecule has 1 atom stereocenters. The van der Waals surface area contributed by atoms with Crippen molar-refractivity contribution in [2.75, 3.05) is 0 Å². The van der Waals surface area contributed by atoms with Crippen molar-refractivity contribution < 1.29 is 14.7 Å². The summed E-state index contributed by atoms with van der Waals surface area (Å²) in [5, 5.41) is 9.01. The largest absolute Gasteiger partial charge is 0.480 e. The van der Waals surface area contributed by atoms with Gasteiger partial charge in [0.15, 0.2) is 8.24 Å². The van der Waals surface area contributed by atoms with Crippen LogP contribution in [0.2, 0.25) is 19.6 Å². The van der Waals surface area contributed by atoms with Crippen molar-refractivity contribution in [2.24, 2.45) is 0 Å². The van der Waals surface area contributed by atoms with E-state index < -0.39 is 20.2 Å². The summed E-state index contributed by atoms with van der Waals surface area (Å²) in [6.07, 6.45) is 0. The summed E-state index contributed by atoms with van der Waals surface area (Å²) in [6, 6.07) is -0.601. The van der Waals surface area contributed by atoms with Gasteiger partial charge in [0.2, 0.25) is 0 Å². The second-order valence-electron chi connectivity index (χ2n) is 5.71. The molecule has 0 aliphatic carbocycles. The predicted octanol–water partition coefficient (Wildman–Crippen LogP) is 2.33. The molecule has 0 amide bonds. The lowest BCUT2D eigenvalue weighted by Gasteiger charge is -2.40. The molecule has 0 bridgehead atoms. The second kappa shape index (κ2) is 4.63. The average Bonchev–Trinajstić information content (AvgIpc) is 1.94. The molecule has 0 aromatic heterocycles. The lowest BCUT2D eigenvalue weighted by molar-refractivity contribution is -0.204. The van der Waals surface area contributed by atoms with E-state index in [1.54, 1.807) is 11.7 Å². The number of carboxylic acid groups (broad SMARTS) is 1. The van der Waals surface area contributed by atoms with E-state index in [1.165, 1.54) is 0 Å². The smallest absolute Gasteiger partial charge is 0.322 e. The zero-order valence-corrected chi connectivity index (χ0v) is 11.8. The lowest BCUT2D eigenvalue weighted by atomic mass is 10.2. The third-order valence-electron chi connectivity index (χ3n) is 1.74. The molecular weight excluding hydrogens is 210 g/mol. The van der Waals surface area contributed by atoms with Crippen LogP contribution in [0.5, 0.6) is 0 Å². The molecule has 0 saturated heterocycles. The van der Waals surface area contributed by atoms with Crippen LogP contribution in [-0.2, 0) is 9.63 Å². The molecule has 0 fully saturated rings. The van der Waals surface area contributed by atoms with Gasteiger partial charge in [-0.15, -0.1) is 0 Å². The van der Waals surface area contributed by atoms with Crippen LogP contribution in [0.15, 0.2) is 0 Å². The molecule has 15 heavy (non-hydrogen) atoms. The Morgan fingerprint density at radius 3 is 1.93 bits per heavy atom.